The van der Waals surface area contributed by atoms with Gasteiger partial charge in [0.15, 0.2) is 0 Å². The number of allylic oxidation sites excluding steroid dienone is 2. The number of para-hydroxylation sites is 1. The zero-order chi connectivity index (χ0) is 21.8. The van der Waals surface area contributed by atoms with Crippen LogP contribution in [0.4, 0.5) is 11.4 Å². The Balaban J connectivity index is 1.51. The van der Waals surface area contributed by atoms with Crippen LogP contribution in [-0.2, 0) is 10.0 Å². The molecule has 0 bridgehead atoms. The molecule has 3 aromatic rings. The van der Waals surface area contributed by atoms with Crippen molar-refractivity contribution in [1.29, 1.82) is 0 Å². The van der Waals surface area contributed by atoms with E-state index in [9.17, 15) is 8.42 Å². The molecule has 4 nitrogen and oxygen atoms in total. The van der Waals surface area contributed by atoms with E-state index in [4.69, 9.17) is 0 Å². The van der Waals surface area contributed by atoms with Crippen molar-refractivity contribution in [1.82, 2.24) is 0 Å². The molecule has 1 aliphatic heterocycles. The van der Waals surface area contributed by atoms with Crippen LogP contribution >= 0.6 is 11.3 Å². The number of hydrogen-bond acceptors (Lipinski definition) is 4. The van der Waals surface area contributed by atoms with Gasteiger partial charge < -0.3 is 5.32 Å². The van der Waals surface area contributed by atoms with Crippen molar-refractivity contribution >= 4 is 32.7 Å². The van der Waals surface area contributed by atoms with E-state index < -0.39 is 10.0 Å². The molecular formula is C25H26N2O2S2. The lowest BCUT2D eigenvalue weighted by Gasteiger charge is -2.37. The van der Waals surface area contributed by atoms with Gasteiger partial charge in [0, 0.05) is 21.4 Å². The highest BCUT2D eigenvalue weighted by molar-refractivity contribution is 7.92. The fourth-order valence-electron chi connectivity index (χ4n) is 4.81. The van der Waals surface area contributed by atoms with Crippen LogP contribution in [0.2, 0.25) is 0 Å². The number of aryl methyl sites for hydroxylation is 3. The Morgan fingerprint density at radius 1 is 1.03 bits per heavy atom. The first kappa shape index (κ1) is 20.3. The second kappa shape index (κ2) is 7.53. The maximum atomic E-state index is 13.2. The number of hydrogen-bond donors (Lipinski definition) is 2. The summed E-state index contributed by atoms with van der Waals surface area (Å²) in [6.45, 7) is 5.97. The molecule has 160 valence electrons. The first-order valence-electron chi connectivity index (χ1n) is 10.6. The van der Waals surface area contributed by atoms with Crippen molar-refractivity contribution < 1.29 is 8.42 Å². The maximum absolute atomic E-state index is 13.2. The third-order valence-electron chi connectivity index (χ3n) is 6.43. The summed E-state index contributed by atoms with van der Waals surface area (Å²) in [6, 6.07) is 15.9. The van der Waals surface area contributed by atoms with E-state index in [-0.39, 0.29) is 12.0 Å². The van der Waals surface area contributed by atoms with Crippen LogP contribution in [0.1, 0.15) is 44.8 Å². The van der Waals surface area contributed by atoms with Crippen molar-refractivity contribution in [2.24, 2.45) is 5.92 Å². The van der Waals surface area contributed by atoms with E-state index in [1.807, 2.05) is 55.5 Å². The molecular weight excluding hydrogens is 424 g/mol. The standard InChI is InChI=1S/C25H26N2O2S2/c1-15-6-4-7-16(2)24(15)27-31(28,29)18-11-12-22-21(14-18)19-8-5-9-20(19)25(26-22)23-13-10-17(3)30-23/h4-8,10-14,19-20,25-27H,9H2,1-3H3. The molecule has 0 saturated carbocycles. The van der Waals surface area contributed by atoms with Gasteiger partial charge in [-0.25, -0.2) is 8.42 Å². The average molecular weight is 451 g/mol. The van der Waals surface area contributed by atoms with E-state index in [1.54, 1.807) is 6.07 Å². The second-order valence-electron chi connectivity index (χ2n) is 8.55. The Bertz CT molecular complexity index is 1270. The molecule has 0 saturated heterocycles. The van der Waals surface area contributed by atoms with Crippen LogP contribution in [0.25, 0.3) is 0 Å². The predicted octanol–water partition coefficient (Wildman–Crippen LogP) is 6.30. The molecule has 31 heavy (non-hydrogen) atoms. The predicted molar refractivity (Wildman–Crippen MR) is 129 cm³/mol. The molecule has 2 aliphatic rings. The molecule has 0 spiro atoms. The third-order valence-corrected chi connectivity index (χ3v) is 8.86. The van der Waals surface area contributed by atoms with E-state index in [1.165, 1.54) is 9.75 Å². The fourth-order valence-corrected chi connectivity index (χ4v) is 7.05. The van der Waals surface area contributed by atoms with Gasteiger partial charge in [0.2, 0.25) is 0 Å². The molecule has 3 atom stereocenters. The highest BCUT2D eigenvalue weighted by Crippen LogP contribution is 2.51. The normalized spacial score (nSPS) is 22.0. The summed E-state index contributed by atoms with van der Waals surface area (Å²) >= 11 is 1.83. The summed E-state index contributed by atoms with van der Waals surface area (Å²) < 4.78 is 29.3. The van der Waals surface area contributed by atoms with E-state index in [0.717, 1.165) is 28.8 Å². The van der Waals surface area contributed by atoms with Crippen LogP contribution < -0.4 is 10.0 Å². The molecule has 3 unspecified atom stereocenters. The lowest BCUT2D eigenvalue weighted by molar-refractivity contribution is 0.429. The molecule has 0 amide bonds. The van der Waals surface area contributed by atoms with Crippen molar-refractivity contribution in [3.8, 4) is 0 Å². The monoisotopic (exact) mass is 450 g/mol. The number of nitrogens with one attached hydrogen (secondary N) is 2. The largest absolute Gasteiger partial charge is 0.377 e. The zero-order valence-electron chi connectivity index (χ0n) is 17.8. The average Bonchev–Trinajstić information content (AvgIpc) is 3.39. The second-order valence-corrected chi connectivity index (χ2v) is 11.5. The number of rotatable bonds is 4. The molecule has 1 aromatic heterocycles. The van der Waals surface area contributed by atoms with Crippen LogP contribution in [0.3, 0.4) is 0 Å². The summed E-state index contributed by atoms with van der Waals surface area (Å²) in [6.07, 6.45) is 5.47. The number of fused-ring (bicyclic) bond motifs is 3. The summed E-state index contributed by atoms with van der Waals surface area (Å²) in [5, 5.41) is 3.70. The van der Waals surface area contributed by atoms with Crippen LogP contribution in [0.15, 0.2) is 65.6 Å². The molecule has 1 aliphatic carbocycles. The Labute approximate surface area is 188 Å². The summed E-state index contributed by atoms with van der Waals surface area (Å²) in [7, 11) is -3.68. The molecule has 0 fully saturated rings. The first-order valence-corrected chi connectivity index (χ1v) is 12.9. The minimum absolute atomic E-state index is 0.221. The van der Waals surface area contributed by atoms with Crippen molar-refractivity contribution in [3.63, 3.8) is 0 Å². The van der Waals surface area contributed by atoms with E-state index in [2.05, 4.69) is 41.2 Å². The van der Waals surface area contributed by atoms with Crippen LogP contribution in [-0.4, -0.2) is 8.42 Å². The molecule has 0 radical (unpaired) electrons. The van der Waals surface area contributed by atoms with Gasteiger partial charge in [-0.15, -0.1) is 11.3 Å². The van der Waals surface area contributed by atoms with Gasteiger partial charge in [0.05, 0.1) is 16.6 Å². The number of sulfonamides is 1. The third kappa shape index (κ3) is 3.58. The minimum atomic E-state index is -3.68. The van der Waals surface area contributed by atoms with Crippen molar-refractivity contribution in [2.75, 3.05) is 10.0 Å². The van der Waals surface area contributed by atoms with Gasteiger partial charge in [-0.2, -0.15) is 0 Å². The van der Waals surface area contributed by atoms with E-state index >= 15 is 0 Å². The Morgan fingerprint density at radius 3 is 2.52 bits per heavy atom. The van der Waals surface area contributed by atoms with Gasteiger partial charge in [-0.3, -0.25) is 4.72 Å². The molecule has 6 heteroatoms. The lowest BCUT2D eigenvalue weighted by atomic mass is 9.79. The Hall–Kier alpha value is -2.57. The summed E-state index contributed by atoms with van der Waals surface area (Å²) in [5.41, 5.74) is 4.57. The SMILES string of the molecule is Cc1ccc(C2Nc3ccc(S(=O)(=O)Nc4c(C)cccc4C)cc3C3C=CCC32)s1. The van der Waals surface area contributed by atoms with Crippen LogP contribution in [0, 0.1) is 26.7 Å². The molecule has 2 heterocycles. The zero-order valence-corrected chi connectivity index (χ0v) is 19.5. The quantitative estimate of drug-likeness (QED) is 0.459. The Morgan fingerprint density at radius 2 is 1.81 bits per heavy atom. The van der Waals surface area contributed by atoms with Gasteiger partial charge in [-0.1, -0.05) is 30.4 Å². The van der Waals surface area contributed by atoms with Gasteiger partial charge in [-0.05, 0) is 80.1 Å². The Kier molecular flexibility index (Phi) is 4.94. The van der Waals surface area contributed by atoms with Crippen molar-refractivity contribution in [3.05, 3.63) is 87.1 Å². The number of thiophene rings is 1. The van der Waals surface area contributed by atoms with Gasteiger partial charge in [0.1, 0.15) is 0 Å². The number of anilines is 2. The smallest absolute Gasteiger partial charge is 0.261 e. The molecule has 2 N–H and O–H groups in total. The highest BCUT2D eigenvalue weighted by atomic mass is 32.2. The topological polar surface area (TPSA) is 58.2 Å². The van der Waals surface area contributed by atoms with Crippen molar-refractivity contribution in [2.45, 2.75) is 44.0 Å². The summed E-state index contributed by atoms with van der Waals surface area (Å²) in [4.78, 5) is 2.96. The number of benzene rings is 2. The maximum Gasteiger partial charge on any atom is 0.261 e. The van der Waals surface area contributed by atoms with Crippen LogP contribution in [0.5, 0.6) is 0 Å². The lowest BCUT2D eigenvalue weighted by Crippen LogP contribution is -2.28. The minimum Gasteiger partial charge on any atom is -0.377 e. The fraction of sp³-hybridized carbons (Fsp3) is 0.280. The first-order chi connectivity index (χ1) is 14.8. The summed E-state index contributed by atoms with van der Waals surface area (Å²) in [5.74, 6) is 0.620. The molecule has 5 rings (SSSR count). The highest BCUT2D eigenvalue weighted by Gasteiger charge is 2.39. The van der Waals surface area contributed by atoms with E-state index in [0.29, 0.717) is 16.5 Å². The van der Waals surface area contributed by atoms with Gasteiger partial charge >= 0.3 is 0 Å². The molecule has 2 aromatic carbocycles. The van der Waals surface area contributed by atoms with Gasteiger partial charge in [0.25, 0.3) is 10.0 Å².